The van der Waals surface area contributed by atoms with E-state index >= 15 is 0 Å². The molecule has 1 aliphatic heterocycles. The summed E-state index contributed by atoms with van der Waals surface area (Å²) < 4.78 is 13.8. The lowest BCUT2D eigenvalue weighted by molar-refractivity contribution is 0.435. The second-order valence-corrected chi connectivity index (χ2v) is 5.46. The van der Waals surface area contributed by atoms with Gasteiger partial charge in [-0.3, -0.25) is 0 Å². The number of thioether (sulfide) groups is 1. The van der Waals surface area contributed by atoms with E-state index in [0.717, 1.165) is 12.1 Å². The van der Waals surface area contributed by atoms with Crippen LogP contribution in [0.15, 0.2) is 24.3 Å². The standard InChI is InChI=1S/C13H18FNS/c1-15-8-12(10-6-7-16-9-10)11-4-2-3-5-13(11)14/h2-5,10,12,15H,6-9H2,1H3. The van der Waals surface area contributed by atoms with E-state index in [9.17, 15) is 4.39 Å². The first-order chi connectivity index (χ1) is 7.83. The highest BCUT2D eigenvalue weighted by molar-refractivity contribution is 7.99. The van der Waals surface area contributed by atoms with Crippen LogP contribution in [-0.2, 0) is 0 Å². The lowest BCUT2D eigenvalue weighted by Gasteiger charge is -2.23. The van der Waals surface area contributed by atoms with E-state index in [1.165, 1.54) is 17.9 Å². The molecule has 3 heteroatoms. The number of likely N-dealkylation sites (N-methyl/N-ethyl adjacent to an activating group) is 1. The number of nitrogens with one attached hydrogen (secondary N) is 1. The summed E-state index contributed by atoms with van der Waals surface area (Å²) in [4.78, 5) is 0. The van der Waals surface area contributed by atoms with Crippen LogP contribution in [-0.4, -0.2) is 25.1 Å². The Kier molecular flexibility index (Phi) is 4.24. The van der Waals surface area contributed by atoms with E-state index < -0.39 is 0 Å². The molecule has 0 radical (unpaired) electrons. The zero-order valence-corrected chi connectivity index (χ0v) is 10.4. The van der Waals surface area contributed by atoms with Crippen LogP contribution in [0, 0.1) is 11.7 Å². The van der Waals surface area contributed by atoms with Crippen LogP contribution in [0.1, 0.15) is 17.9 Å². The molecule has 0 amide bonds. The zero-order chi connectivity index (χ0) is 11.4. The van der Waals surface area contributed by atoms with Crippen LogP contribution in [0.4, 0.5) is 4.39 Å². The molecule has 1 saturated heterocycles. The molecule has 1 heterocycles. The molecule has 1 fully saturated rings. The van der Waals surface area contributed by atoms with E-state index in [1.54, 1.807) is 12.1 Å². The highest BCUT2D eigenvalue weighted by atomic mass is 32.2. The molecule has 1 aliphatic rings. The van der Waals surface area contributed by atoms with Gasteiger partial charge in [-0.25, -0.2) is 4.39 Å². The van der Waals surface area contributed by atoms with Crippen molar-refractivity contribution in [2.24, 2.45) is 5.92 Å². The third-order valence-corrected chi connectivity index (χ3v) is 4.45. The Hall–Kier alpha value is -0.540. The highest BCUT2D eigenvalue weighted by Crippen LogP contribution is 2.36. The molecule has 1 N–H and O–H groups in total. The van der Waals surface area contributed by atoms with Gasteiger partial charge in [-0.05, 0) is 42.5 Å². The van der Waals surface area contributed by atoms with E-state index in [1.807, 2.05) is 30.9 Å². The minimum atomic E-state index is -0.0559. The summed E-state index contributed by atoms with van der Waals surface area (Å²) >= 11 is 1.99. The molecule has 88 valence electrons. The number of hydrogen-bond donors (Lipinski definition) is 1. The van der Waals surface area contributed by atoms with E-state index in [4.69, 9.17) is 0 Å². The fourth-order valence-electron chi connectivity index (χ4n) is 2.40. The number of hydrogen-bond acceptors (Lipinski definition) is 2. The van der Waals surface area contributed by atoms with Crippen molar-refractivity contribution in [3.05, 3.63) is 35.6 Å². The molecule has 1 aromatic rings. The van der Waals surface area contributed by atoms with Gasteiger partial charge in [-0.2, -0.15) is 11.8 Å². The van der Waals surface area contributed by atoms with Gasteiger partial charge in [0.1, 0.15) is 5.82 Å². The molecule has 0 saturated carbocycles. The van der Waals surface area contributed by atoms with Gasteiger partial charge in [0, 0.05) is 12.5 Å². The molecule has 1 aromatic carbocycles. The Bertz CT molecular complexity index is 336. The van der Waals surface area contributed by atoms with Crippen molar-refractivity contribution in [3.8, 4) is 0 Å². The SMILES string of the molecule is CNCC(c1ccccc1F)C1CCSC1. The third-order valence-electron chi connectivity index (χ3n) is 3.26. The van der Waals surface area contributed by atoms with E-state index in [-0.39, 0.29) is 5.82 Å². The number of halogens is 1. The normalized spacial score (nSPS) is 22.2. The topological polar surface area (TPSA) is 12.0 Å². The van der Waals surface area contributed by atoms with Crippen molar-refractivity contribution in [2.45, 2.75) is 12.3 Å². The quantitative estimate of drug-likeness (QED) is 0.867. The molecular formula is C13H18FNS. The maximum Gasteiger partial charge on any atom is 0.126 e. The fourth-order valence-corrected chi connectivity index (χ4v) is 3.73. The Morgan fingerprint density at radius 1 is 1.50 bits per heavy atom. The number of rotatable bonds is 4. The van der Waals surface area contributed by atoms with Gasteiger partial charge in [0.15, 0.2) is 0 Å². The van der Waals surface area contributed by atoms with Crippen LogP contribution < -0.4 is 5.32 Å². The van der Waals surface area contributed by atoms with Gasteiger partial charge < -0.3 is 5.32 Å². The Balaban J connectivity index is 2.21. The lowest BCUT2D eigenvalue weighted by Crippen LogP contribution is -2.25. The van der Waals surface area contributed by atoms with Gasteiger partial charge in [0.05, 0.1) is 0 Å². The molecule has 0 bridgehead atoms. The van der Waals surface area contributed by atoms with Gasteiger partial charge in [0.25, 0.3) is 0 Å². The maximum atomic E-state index is 13.8. The summed E-state index contributed by atoms with van der Waals surface area (Å²) in [5.74, 6) is 3.27. The molecule has 0 aliphatic carbocycles. The minimum Gasteiger partial charge on any atom is -0.319 e. The second kappa shape index (κ2) is 5.69. The van der Waals surface area contributed by atoms with E-state index in [2.05, 4.69) is 5.32 Å². The average Bonchev–Trinajstić information content (AvgIpc) is 2.80. The largest absolute Gasteiger partial charge is 0.319 e. The molecule has 1 nitrogen and oxygen atoms in total. The van der Waals surface area contributed by atoms with Gasteiger partial charge in [0.2, 0.25) is 0 Å². The van der Waals surface area contributed by atoms with Gasteiger partial charge >= 0.3 is 0 Å². The van der Waals surface area contributed by atoms with Crippen LogP contribution in [0.2, 0.25) is 0 Å². The summed E-state index contributed by atoms with van der Waals surface area (Å²) in [6, 6.07) is 7.20. The zero-order valence-electron chi connectivity index (χ0n) is 9.58. The predicted molar refractivity (Wildman–Crippen MR) is 68.5 cm³/mol. The molecule has 16 heavy (non-hydrogen) atoms. The summed E-state index contributed by atoms with van der Waals surface area (Å²) in [7, 11) is 1.94. The number of benzene rings is 1. The first-order valence-corrected chi connectivity index (χ1v) is 6.95. The summed E-state index contributed by atoms with van der Waals surface area (Å²) in [5.41, 5.74) is 0.879. The van der Waals surface area contributed by atoms with Crippen molar-refractivity contribution in [3.63, 3.8) is 0 Å². The summed E-state index contributed by atoms with van der Waals surface area (Å²) in [6.45, 7) is 0.867. The van der Waals surface area contributed by atoms with Gasteiger partial charge in [-0.1, -0.05) is 18.2 Å². The first kappa shape index (κ1) is 11.9. The molecule has 0 aromatic heterocycles. The van der Waals surface area contributed by atoms with Crippen molar-refractivity contribution in [1.82, 2.24) is 5.32 Å². The van der Waals surface area contributed by atoms with Gasteiger partial charge in [-0.15, -0.1) is 0 Å². The van der Waals surface area contributed by atoms with Crippen molar-refractivity contribution < 1.29 is 4.39 Å². The fraction of sp³-hybridized carbons (Fsp3) is 0.538. The molecule has 2 rings (SSSR count). The molecule has 0 spiro atoms. The predicted octanol–water partition coefficient (Wildman–Crippen LogP) is 2.88. The summed E-state index contributed by atoms with van der Waals surface area (Å²) in [6.07, 6.45) is 1.21. The second-order valence-electron chi connectivity index (χ2n) is 4.31. The lowest BCUT2D eigenvalue weighted by atomic mass is 9.85. The minimum absolute atomic E-state index is 0.0559. The highest BCUT2D eigenvalue weighted by Gasteiger charge is 2.27. The van der Waals surface area contributed by atoms with E-state index in [0.29, 0.717) is 11.8 Å². The Labute approximate surface area is 101 Å². The third kappa shape index (κ3) is 2.58. The monoisotopic (exact) mass is 239 g/mol. The van der Waals surface area contributed by atoms with Crippen LogP contribution >= 0.6 is 11.8 Å². The smallest absolute Gasteiger partial charge is 0.126 e. The average molecular weight is 239 g/mol. The first-order valence-electron chi connectivity index (χ1n) is 5.79. The Morgan fingerprint density at radius 2 is 2.31 bits per heavy atom. The van der Waals surface area contributed by atoms with Crippen molar-refractivity contribution in [2.75, 3.05) is 25.1 Å². The van der Waals surface area contributed by atoms with Crippen LogP contribution in [0.25, 0.3) is 0 Å². The van der Waals surface area contributed by atoms with Crippen LogP contribution in [0.3, 0.4) is 0 Å². The molecule has 2 unspecified atom stereocenters. The van der Waals surface area contributed by atoms with Crippen molar-refractivity contribution >= 4 is 11.8 Å². The van der Waals surface area contributed by atoms with Crippen LogP contribution in [0.5, 0.6) is 0 Å². The molecule has 2 atom stereocenters. The van der Waals surface area contributed by atoms with Crippen molar-refractivity contribution in [1.29, 1.82) is 0 Å². The molecular weight excluding hydrogens is 221 g/mol. The maximum absolute atomic E-state index is 13.8. The summed E-state index contributed by atoms with van der Waals surface area (Å²) in [5, 5.41) is 3.19. The Morgan fingerprint density at radius 3 is 2.94 bits per heavy atom.